The molecule has 0 aliphatic heterocycles. The van der Waals surface area contributed by atoms with Crippen LogP contribution in [0.2, 0.25) is 0 Å². The molecule has 0 fully saturated rings. The van der Waals surface area contributed by atoms with Crippen LogP contribution in [0.3, 0.4) is 0 Å². The number of thioether (sulfide) groups is 1. The second kappa shape index (κ2) is 5.72. The highest BCUT2D eigenvalue weighted by Gasteiger charge is 2.02. The molecule has 84 valence electrons. The Bertz CT molecular complexity index is 429. The molecule has 0 unspecified atom stereocenters. The Hall–Kier alpha value is -1.08. The van der Waals surface area contributed by atoms with Crippen LogP contribution < -0.4 is 11.2 Å². The number of hydrogen-bond acceptors (Lipinski definition) is 4. The van der Waals surface area contributed by atoms with Gasteiger partial charge in [-0.25, -0.2) is 4.79 Å². The first-order valence-electron chi connectivity index (χ1n) is 4.21. The fourth-order valence-electron chi connectivity index (χ4n) is 0.884. The maximum absolute atomic E-state index is 12.8. The predicted octanol–water partition coefficient (Wildman–Crippen LogP) is 0.0128. The second-order valence-electron chi connectivity index (χ2n) is 2.74. The molecule has 1 heterocycles. The summed E-state index contributed by atoms with van der Waals surface area (Å²) in [5, 5.41) is 0. The van der Waals surface area contributed by atoms with Crippen LogP contribution in [0.5, 0.6) is 0 Å². The normalized spacial score (nSPS) is 10.5. The highest BCUT2D eigenvalue weighted by Crippen LogP contribution is 1.92. The molecule has 1 rings (SSSR count). The van der Waals surface area contributed by atoms with Gasteiger partial charge < -0.3 is 4.74 Å². The highest BCUT2D eigenvalue weighted by atomic mass is 32.2. The summed E-state index contributed by atoms with van der Waals surface area (Å²) in [6, 6.07) is 0. The van der Waals surface area contributed by atoms with Gasteiger partial charge in [-0.1, -0.05) is 0 Å². The van der Waals surface area contributed by atoms with Crippen LogP contribution in [-0.4, -0.2) is 28.2 Å². The maximum Gasteiger partial charge on any atom is 0.330 e. The minimum absolute atomic E-state index is 0.0624. The van der Waals surface area contributed by atoms with Gasteiger partial charge in [-0.15, -0.1) is 0 Å². The number of ether oxygens (including phenoxy) is 1. The van der Waals surface area contributed by atoms with Gasteiger partial charge in [-0.05, 0) is 6.26 Å². The van der Waals surface area contributed by atoms with Gasteiger partial charge in [-0.2, -0.15) is 16.2 Å². The minimum Gasteiger partial charge on any atom is -0.360 e. The van der Waals surface area contributed by atoms with Crippen molar-refractivity contribution in [2.45, 2.75) is 6.73 Å². The first kappa shape index (κ1) is 12.0. The summed E-state index contributed by atoms with van der Waals surface area (Å²) in [4.78, 5) is 23.6. The number of nitrogens with one attached hydrogen (secondary N) is 1. The Morgan fingerprint density at radius 3 is 3.00 bits per heavy atom. The molecule has 7 heteroatoms. The van der Waals surface area contributed by atoms with E-state index in [9.17, 15) is 14.0 Å². The van der Waals surface area contributed by atoms with E-state index in [1.165, 1.54) is 0 Å². The van der Waals surface area contributed by atoms with Crippen molar-refractivity contribution in [3.8, 4) is 0 Å². The van der Waals surface area contributed by atoms with Gasteiger partial charge in [0.15, 0.2) is 0 Å². The summed E-state index contributed by atoms with van der Waals surface area (Å²) in [7, 11) is 0. The van der Waals surface area contributed by atoms with Gasteiger partial charge in [0.05, 0.1) is 12.8 Å². The molecule has 0 atom stereocenters. The first-order valence-corrected chi connectivity index (χ1v) is 5.60. The van der Waals surface area contributed by atoms with Crippen molar-refractivity contribution in [1.82, 2.24) is 9.55 Å². The lowest BCUT2D eigenvalue weighted by Crippen LogP contribution is -2.32. The fourth-order valence-corrected chi connectivity index (χ4v) is 1.17. The Balaban J connectivity index is 2.66. The van der Waals surface area contributed by atoms with Gasteiger partial charge in [0.25, 0.3) is 5.56 Å². The van der Waals surface area contributed by atoms with Crippen molar-refractivity contribution >= 4 is 11.8 Å². The zero-order valence-electron chi connectivity index (χ0n) is 8.16. The lowest BCUT2D eigenvalue weighted by Gasteiger charge is -2.05. The van der Waals surface area contributed by atoms with E-state index >= 15 is 0 Å². The zero-order chi connectivity index (χ0) is 11.3. The molecule has 0 spiro atoms. The number of aromatic amines is 1. The largest absolute Gasteiger partial charge is 0.360 e. The number of aromatic nitrogens is 2. The van der Waals surface area contributed by atoms with Crippen LogP contribution in [0.1, 0.15) is 0 Å². The summed E-state index contributed by atoms with van der Waals surface area (Å²) < 4.78 is 18.8. The second-order valence-corrected chi connectivity index (χ2v) is 3.72. The molecule has 0 aromatic carbocycles. The van der Waals surface area contributed by atoms with Crippen LogP contribution in [0.25, 0.3) is 0 Å². The fraction of sp³-hybridized carbons (Fsp3) is 0.500. The van der Waals surface area contributed by atoms with Crippen molar-refractivity contribution in [3.05, 3.63) is 32.9 Å². The van der Waals surface area contributed by atoms with Crippen LogP contribution in [-0.2, 0) is 11.5 Å². The SMILES string of the molecule is CSCCOCn1cc(F)c(=O)[nH]c1=O. The summed E-state index contributed by atoms with van der Waals surface area (Å²) in [5.41, 5.74) is -1.69. The minimum atomic E-state index is -1.01. The molecule has 5 nitrogen and oxygen atoms in total. The Morgan fingerprint density at radius 1 is 1.60 bits per heavy atom. The van der Waals surface area contributed by atoms with Gasteiger partial charge in [0.2, 0.25) is 5.82 Å². The highest BCUT2D eigenvalue weighted by molar-refractivity contribution is 7.98. The molecule has 1 N–H and O–H groups in total. The third-order valence-corrected chi connectivity index (χ3v) is 2.20. The lowest BCUT2D eigenvalue weighted by atomic mass is 10.6. The third kappa shape index (κ3) is 3.52. The topological polar surface area (TPSA) is 64.1 Å². The van der Waals surface area contributed by atoms with E-state index in [2.05, 4.69) is 0 Å². The average molecular weight is 234 g/mol. The molecule has 0 saturated carbocycles. The van der Waals surface area contributed by atoms with Crippen molar-refractivity contribution in [2.24, 2.45) is 0 Å². The lowest BCUT2D eigenvalue weighted by molar-refractivity contribution is 0.0855. The van der Waals surface area contributed by atoms with E-state index in [1.807, 2.05) is 11.2 Å². The summed E-state index contributed by atoms with van der Waals surface area (Å²) in [6.07, 6.45) is 2.76. The molecule has 0 aliphatic rings. The number of nitrogens with zero attached hydrogens (tertiary/aromatic N) is 1. The van der Waals surface area contributed by atoms with Crippen LogP contribution in [0, 0.1) is 5.82 Å². The number of halogens is 1. The number of hydrogen-bond donors (Lipinski definition) is 1. The third-order valence-electron chi connectivity index (χ3n) is 1.63. The van der Waals surface area contributed by atoms with Gasteiger partial charge >= 0.3 is 5.69 Å². The quantitative estimate of drug-likeness (QED) is 0.729. The first-order chi connectivity index (χ1) is 7.15. The van der Waals surface area contributed by atoms with Gasteiger partial charge in [0, 0.05) is 5.75 Å². The molecule has 0 radical (unpaired) electrons. The van der Waals surface area contributed by atoms with Gasteiger partial charge in [-0.3, -0.25) is 14.3 Å². The van der Waals surface area contributed by atoms with Crippen LogP contribution in [0.4, 0.5) is 4.39 Å². The van der Waals surface area contributed by atoms with Crippen LogP contribution in [0.15, 0.2) is 15.8 Å². The molecule has 0 aliphatic carbocycles. The van der Waals surface area contributed by atoms with E-state index in [-0.39, 0.29) is 6.73 Å². The summed E-state index contributed by atoms with van der Waals surface area (Å²) in [6.45, 7) is 0.404. The van der Waals surface area contributed by atoms with Crippen LogP contribution >= 0.6 is 11.8 Å². The van der Waals surface area contributed by atoms with E-state index < -0.39 is 17.1 Å². The Morgan fingerprint density at radius 2 is 2.33 bits per heavy atom. The van der Waals surface area contributed by atoms with E-state index in [0.29, 0.717) is 6.61 Å². The van der Waals surface area contributed by atoms with Crippen molar-refractivity contribution in [2.75, 3.05) is 18.6 Å². The average Bonchev–Trinajstić information content (AvgIpc) is 2.20. The van der Waals surface area contributed by atoms with Crippen molar-refractivity contribution in [1.29, 1.82) is 0 Å². The van der Waals surface area contributed by atoms with E-state index in [0.717, 1.165) is 16.5 Å². The van der Waals surface area contributed by atoms with E-state index in [1.54, 1.807) is 11.8 Å². The number of rotatable bonds is 5. The Labute approximate surface area is 89.3 Å². The predicted molar refractivity (Wildman–Crippen MR) is 55.6 cm³/mol. The molecule has 1 aromatic heterocycles. The summed E-state index contributed by atoms with van der Waals surface area (Å²) >= 11 is 1.60. The van der Waals surface area contributed by atoms with Gasteiger partial charge in [0.1, 0.15) is 6.73 Å². The zero-order valence-corrected chi connectivity index (χ0v) is 8.97. The van der Waals surface area contributed by atoms with Crippen molar-refractivity contribution in [3.63, 3.8) is 0 Å². The standard InChI is InChI=1S/C8H11FN2O3S/c1-15-3-2-14-5-11-4-6(9)7(12)10-8(11)13/h4H,2-3,5H2,1H3,(H,10,12,13). The summed E-state index contributed by atoms with van der Waals surface area (Å²) in [5.74, 6) is -0.205. The smallest absolute Gasteiger partial charge is 0.330 e. The molecule has 1 aromatic rings. The monoisotopic (exact) mass is 234 g/mol. The molecular weight excluding hydrogens is 223 g/mol. The molecule has 0 saturated heterocycles. The Kier molecular flexibility index (Phi) is 4.57. The molecule has 0 amide bonds. The molecular formula is C8H11FN2O3S. The molecule has 0 bridgehead atoms. The number of H-pyrrole nitrogens is 1. The van der Waals surface area contributed by atoms with E-state index in [4.69, 9.17) is 4.74 Å². The maximum atomic E-state index is 12.8. The molecule has 15 heavy (non-hydrogen) atoms. The van der Waals surface area contributed by atoms with Crippen molar-refractivity contribution < 1.29 is 9.13 Å².